The Kier molecular flexibility index (Phi) is 5.74. The number of carbonyl (C=O) groups is 2. The van der Waals surface area contributed by atoms with Crippen LogP contribution in [0, 0.1) is 19.7 Å². The molecule has 1 aliphatic heterocycles. The zero-order valence-corrected chi connectivity index (χ0v) is 19.3. The number of rotatable bonds is 3. The van der Waals surface area contributed by atoms with Crippen molar-refractivity contribution >= 4 is 34.7 Å². The van der Waals surface area contributed by atoms with Gasteiger partial charge in [-0.2, -0.15) is 0 Å². The Hall–Kier alpha value is -4.52. The molecule has 0 fully saturated rings. The van der Waals surface area contributed by atoms with Gasteiger partial charge in [-0.15, -0.1) is 0 Å². The third kappa shape index (κ3) is 4.24. The van der Waals surface area contributed by atoms with E-state index in [9.17, 15) is 14.0 Å². The number of amides is 2. The lowest BCUT2D eigenvalue weighted by atomic mass is 10.0. The summed E-state index contributed by atoms with van der Waals surface area (Å²) in [5.41, 5.74) is 4.78. The molecule has 0 bridgehead atoms. The van der Waals surface area contributed by atoms with E-state index in [4.69, 9.17) is 0 Å². The molecule has 1 aliphatic rings. The maximum atomic E-state index is 13.9. The highest BCUT2D eigenvalue weighted by atomic mass is 19.1. The van der Waals surface area contributed by atoms with Crippen LogP contribution in [0.4, 0.5) is 27.3 Å². The summed E-state index contributed by atoms with van der Waals surface area (Å²) in [7, 11) is 0. The van der Waals surface area contributed by atoms with E-state index >= 15 is 0 Å². The fourth-order valence-corrected chi connectivity index (χ4v) is 4.24. The van der Waals surface area contributed by atoms with E-state index in [1.807, 2.05) is 43.3 Å². The molecular formula is C28H23FN4O2. The maximum absolute atomic E-state index is 13.9. The Morgan fingerprint density at radius 3 is 2.63 bits per heavy atom. The predicted octanol–water partition coefficient (Wildman–Crippen LogP) is 5.99. The zero-order valence-electron chi connectivity index (χ0n) is 19.3. The van der Waals surface area contributed by atoms with Crippen molar-refractivity contribution in [1.29, 1.82) is 0 Å². The van der Waals surface area contributed by atoms with Gasteiger partial charge in [-0.05, 0) is 73.5 Å². The van der Waals surface area contributed by atoms with Gasteiger partial charge in [0.25, 0.3) is 11.8 Å². The second-order valence-electron chi connectivity index (χ2n) is 8.44. The average molecular weight is 467 g/mol. The van der Waals surface area contributed by atoms with Crippen LogP contribution in [-0.2, 0) is 6.54 Å². The largest absolute Gasteiger partial charge is 0.338 e. The summed E-state index contributed by atoms with van der Waals surface area (Å²) in [6.45, 7) is 3.76. The number of pyridine rings is 1. The quantitative estimate of drug-likeness (QED) is 0.389. The smallest absolute Gasteiger partial charge is 0.258 e. The molecule has 7 heteroatoms. The zero-order chi connectivity index (χ0) is 24.5. The van der Waals surface area contributed by atoms with Crippen molar-refractivity contribution in [3.63, 3.8) is 0 Å². The number of carbonyl (C=O) groups excluding carboxylic acids is 2. The van der Waals surface area contributed by atoms with Crippen molar-refractivity contribution in [2.24, 2.45) is 0 Å². The van der Waals surface area contributed by atoms with Gasteiger partial charge in [-0.1, -0.05) is 24.3 Å². The summed E-state index contributed by atoms with van der Waals surface area (Å²) < 4.78 is 13.9. The van der Waals surface area contributed by atoms with E-state index in [0.29, 0.717) is 23.4 Å². The highest BCUT2D eigenvalue weighted by Crippen LogP contribution is 2.35. The van der Waals surface area contributed by atoms with Gasteiger partial charge >= 0.3 is 0 Å². The van der Waals surface area contributed by atoms with Crippen LogP contribution in [0.3, 0.4) is 0 Å². The number of aryl methyl sites for hydroxylation is 1. The number of hydrogen-bond acceptors (Lipinski definition) is 4. The molecule has 0 saturated heterocycles. The van der Waals surface area contributed by atoms with E-state index in [1.54, 1.807) is 42.3 Å². The van der Waals surface area contributed by atoms with Crippen molar-refractivity contribution in [3.8, 4) is 0 Å². The topological polar surface area (TPSA) is 74.3 Å². The normalized spacial score (nSPS) is 12.1. The number of hydrogen-bond donors (Lipinski definition) is 2. The molecule has 0 atom stereocenters. The SMILES string of the molecule is Cc1cc(NC(=O)c2cccc(F)c2C)ccc1C(=O)N1Cc2cccnc2Nc2ccccc21. The Morgan fingerprint density at radius 1 is 0.971 bits per heavy atom. The summed E-state index contributed by atoms with van der Waals surface area (Å²) in [5, 5.41) is 6.13. The molecular weight excluding hydrogens is 443 g/mol. The first-order chi connectivity index (χ1) is 16.9. The van der Waals surface area contributed by atoms with Gasteiger partial charge in [0.1, 0.15) is 11.6 Å². The lowest BCUT2D eigenvalue weighted by molar-refractivity contribution is 0.0983. The van der Waals surface area contributed by atoms with Crippen molar-refractivity contribution in [2.45, 2.75) is 20.4 Å². The first kappa shape index (κ1) is 22.3. The molecule has 2 heterocycles. The first-order valence-corrected chi connectivity index (χ1v) is 11.2. The molecule has 174 valence electrons. The van der Waals surface area contributed by atoms with Crippen molar-refractivity contribution in [1.82, 2.24) is 4.98 Å². The summed E-state index contributed by atoms with van der Waals surface area (Å²) in [6, 6.07) is 21.0. The van der Waals surface area contributed by atoms with Crippen LogP contribution in [0.5, 0.6) is 0 Å². The Morgan fingerprint density at radius 2 is 1.80 bits per heavy atom. The van der Waals surface area contributed by atoms with E-state index in [-0.39, 0.29) is 17.0 Å². The summed E-state index contributed by atoms with van der Waals surface area (Å²) in [4.78, 5) is 32.6. The van der Waals surface area contributed by atoms with Crippen LogP contribution >= 0.6 is 0 Å². The number of aromatic nitrogens is 1. The van der Waals surface area contributed by atoms with E-state index in [2.05, 4.69) is 15.6 Å². The van der Waals surface area contributed by atoms with Crippen molar-refractivity contribution in [2.75, 3.05) is 15.5 Å². The summed E-state index contributed by atoms with van der Waals surface area (Å²) in [6.07, 6.45) is 1.72. The molecule has 0 radical (unpaired) electrons. The van der Waals surface area contributed by atoms with Crippen LogP contribution in [0.2, 0.25) is 0 Å². The standard InChI is InChI=1S/C28H23FN4O2/c1-17-15-20(31-27(34)22-8-5-9-23(29)18(22)2)12-13-21(17)28(35)33-16-19-7-6-14-30-26(19)32-24-10-3-4-11-25(24)33/h3-15H,16H2,1-2H3,(H,30,32)(H,31,34). The van der Waals surface area contributed by atoms with Crippen LogP contribution in [0.15, 0.2) is 79.0 Å². The summed E-state index contributed by atoms with van der Waals surface area (Å²) in [5.74, 6) is -0.277. The number of nitrogens with one attached hydrogen (secondary N) is 2. The average Bonchev–Trinajstić information content (AvgIpc) is 3.02. The van der Waals surface area contributed by atoms with Crippen LogP contribution < -0.4 is 15.5 Å². The second kappa shape index (κ2) is 9.02. The van der Waals surface area contributed by atoms with Gasteiger partial charge in [-0.3, -0.25) is 9.59 Å². The lowest BCUT2D eigenvalue weighted by Gasteiger charge is -2.23. The van der Waals surface area contributed by atoms with Gasteiger partial charge in [0.2, 0.25) is 0 Å². The van der Waals surface area contributed by atoms with Gasteiger partial charge in [0.05, 0.1) is 17.9 Å². The molecule has 2 N–H and O–H groups in total. The van der Waals surface area contributed by atoms with Crippen LogP contribution in [-0.4, -0.2) is 16.8 Å². The molecule has 2 amide bonds. The van der Waals surface area contributed by atoms with E-state index in [0.717, 1.165) is 22.8 Å². The fraction of sp³-hybridized carbons (Fsp3) is 0.107. The third-order valence-electron chi connectivity index (χ3n) is 6.14. The van der Waals surface area contributed by atoms with E-state index in [1.165, 1.54) is 12.1 Å². The lowest BCUT2D eigenvalue weighted by Crippen LogP contribution is -2.30. The van der Waals surface area contributed by atoms with Crippen LogP contribution in [0.1, 0.15) is 37.4 Å². The second-order valence-corrected chi connectivity index (χ2v) is 8.44. The Balaban J connectivity index is 1.44. The third-order valence-corrected chi connectivity index (χ3v) is 6.14. The molecule has 4 aromatic rings. The maximum Gasteiger partial charge on any atom is 0.258 e. The van der Waals surface area contributed by atoms with E-state index < -0.39 is 11.7 Å². The molecule has 3 aromatic carbocycles. The highest BCUT2D eigenvalue weighted by molar-refractivity contribution is 6.10. The Bertz CT molecular complexity index is 1470. The minimum atomic E-state index is -0.432. The first-order valence-electron chi connectivity index (χ1n) is 11.2. The molecule has 35 heavy (non-hydrogen) atoms. The van der Waals surface area contributed by atoms with Crippen LogP contribution in [0.25, 0.3) is 0 Å². The van der Waals surface area contributed by atoms with Crippen molar-refractivity contribution < 1.29 is 14.0 Å². The molecule has 0 aliphatic carbocycles. The molecule has 6 nitrogen and oxygen atoms in total. The Labute approximate surface area is 202 Å². The molecule has 5 rings (SSSR count). The van der Waals surface area contributed by atoms with Gasteiger partial charge in [-0.25, -0.2) is 9.37 Å². The molecule has 0 spiro atoms. The van der Waals surface area contributed by atoms with Crippen molar-refractivity contribution in [3.05, 3.63) is 113 Å². The molecule has 0 saturated carbocycles. The highest BCUT2D eigenvalue weighted by Gasteiger charge is 2.26. The molecule has 1 aromatic heterocycles. The predicted molar refractivity (Wildman–Crippen MR) is 135 cm³/mol. The van der Waals surface area contributed by atoms with Gasteiger partial charge in [0, 0.05) is 28.6 Å². The number of fused-ring (bicyclic) bond motifs is 2. The molecule has 0 unspecified atom stereocenters. The number of anilines is 4. The number of benzene rings is 3. The summed E-state index contributed by atoms with van der Waals surface area (Å²) >= 11 is 0. The number of para-hydroxylation sites is 2. The minimum absolute atomic E-state index is 0.160. The monoisotopic (exact) mass is 466 g/mol. The van der Waals surface area contributed by atoms with Gasteiger partial charge in [0.15, 0.2) is 0 Å². The number of halogens is 1. The minimum Gasteiger partial charge on any atom is -0.338 e. The van der Waals surface area contributed by atoms with Gasteiger partial charge < -0.3 is 15.5 Å². The number of nitrogens with zero attached hydrogens (tertiary/aromatic N) is 2. The fourth-order valence-electron chi connectivity index (χ4n) is 4.24.